The van der Waals surface area contributed by atoms with Gasteiger partial charge in [-0.2, -0.15) is 13.2 Å². The minimum absolute atomic E-state index is 0.755. The van der Waals surface area contributed by atoms with E-state index in [9.17, 15) is 33.3 Å². The normalized spacial score (nSPS) is 37.4. The van der Waals surface area contributed by atoms with Gasteiger partial charge < -0.3 is 30.5 Å². The molecule has 0 unspecified atom stereocenters. The van der Waals surface area contributed by atoms with Gasteiger partial charge in [0.15, 0.2) is 6.29 Å². The van der Waals surface area contributed by atoms with E-state index in [2.05, 4.69) is 4.74 Å². The molecule has 18 heavy (non-hydrogen) atoms. The van der Waals surface area contributed by atoms with Crippen LogP contribution in [0.15, 0.2) is 0 Å². The predicted molar refractivity (Wildman–Crippen MR) is 48.0 cm³/mol. The Morgan fingerprint density at radius 2 is 1.78 bits per heavy atom. The summed E-state index contributed by atoms with van der Waals surface area (Å²) in [6.45, 7) is -0.755. The van der Waals surface area contributed by atoms with E-state index in [1.807, 2.05) is 0 Å². The molecule has 5 atom stereocenters. The van der Waals surface area contributed by atoms with Gasteiger partial charge in [0.25, 0.3) is 0 Å². The van der Waals surface area contributed by atoms with Crippen LogP contribution in [0.2, 0.25) is 0 Å². The molecule has 1 amide bonds. The van der Waals surface area contributed by atoms with Crippen LogP contribution in [0.25, 0.3) is 0 Å². The summed E-state index contributed by atoms with van der Waals surface area (Å²) in [6, 6.07) is -1.85. The van der Waals surface area contributed by atoms with Gasteiger partial charge in [-0.3, -0.25) is 4.79 Å². The monoisotopic (exact) mass is 275 g/mol. The first-order valence-electron chi connectivity index (χ1n) is 4.86. The predicted octanol–water partition coefficient (Wildman–Crippen LogP) is -2.54. The number of rotatable bonds is 2. The summed E-state index contributed by atoms with van der Waals surface area (Å²) in [6.07, 6.45) is -12.2. The Morgan fingerprint density at radius 3 is 2.22 bits per heavy atom. The number of alkyl halides is 3. The van der Waals surface area contributed by atoms with Crippen LogP contribution in [-0.2, 0) is 9.53 Å². The number of amides is 1. The number of ether oxygens (including phenoxy) is 1. The highest BCUT2D eigenvalue weighted by Gasteiger charge is 2.48. The second kappa shape index (κ2) is 5.36. The molecule has 7 nitrogen and oxygen atoms in total. The van der Waals surface area contributed by atoms with Gasteiger partial charge in [-0.25, -0.2) is 0 Å². The van der Waals surface area contributed by atoms with Crippen molar-refractivity contribution < 1.29 is 43.1 Å². The van der Waals surface area contributed by atoms with Gasteiger partial charge >= 0.3 is 12.1 Å². The molecule has 1 fully saturated rings. The van der Waals surface area contributed by atoms with E-state index >= 15 is 0 Å². The zero-order valence-electron chi connectivity index (χ0n) is 8.83. The number of aliphatic hydroxyl groups is 4. The van der Waals surface area contributed by atoms with Crippen molar-refractivity contribution in [2.24, 2.45) is 0 Å². The number of hydrogen-bond donors (Lipinski definition) is 5. The molecule has 5 N–H and O–H groups in total. The lowest BCUT2D eigenvalue weighted by Gasteiger charge is -2.40. The highest BCUT2D eigenvalue weighted by atomic mass is 19.4. The number of hydrogen-bond acceptors (Lipinski definition) is 6. The molecule has 1 aliphatic heterocycles. The maximum Gasteiger partial charge on any atom is 0.471 e. The van der Waals surface area contributed by atoms with Crippen LogP contribution in [0, 0.1) is 0 Å². The smallest absolute Gasteiger partial charge is 0.394 e. The van der Waals surface area contributed by atoms with E-state index < -0.39 is 49.3 Å². The van der Waals surface area contributed by atoms with Gasteiger partial charge in [-0.15, -0.1) is 0 Å². The van der Waals surface area contributed by atoms with Crippen molar-refractivity contribution in [1.82, 2.24) is 5.32 Å². The Kier molecular flexibility index (Phi) is 4.50. The average Bonchev–Trinajstić information content (AvgIpc) is 2.27. The molecule has 1 aliphatic rings. The minimum atomic E-state index is -5.20. The zero-order valence-corrected chi connectivity index (χ0v) is 8.83. The first-order valence-corrected chi connectivity index (χ1v) is 4.86. The summed E-state index contributed by atoms with van der Waals surface area (Å²) in [4.78, 5) is 10.6. The third kappa shape index (κ3) is 3.09. The Hall–Kier alpha value is -0.940. The van der Waals surface area contributed by atoms with Crippen molar-refractivity contribution in [2.75, 3.05) is 6.61 Å². The number of halogens is 3. The fourth-order valence-electron chi connectivity index (χ4n) is 1.49. The first-order chi connectivity index (χ1) is 8.18. The number of aliphatic hydroxyl groups excluding tert-OH is 4. The van der Waals surface area contributed by atoms with Gasteiger partial charge in [0.2, 0.25) is 0 Å². The molecule has 0 saturated carbocycles. The van der Waals surface area contributed by atoms with Crippen molar-refractivity contribution in [3.8, 4) is 0 Å². The van der Waals surface area contributed by atoms with E-state index in [4.69, 9.17) is 5.11 Å². The molecule has 0 bridgehead atoms. The second-order valence-corrected chi connectivity index (χ2v) is 3.73. The van der Waals surface area contributed by atoms with E-state index in [0.717, 1.165) is 0 Å². The standard InChI is InChI=1S/C8H12F3NO6/c9-8(10,11)7(17)12-3-5(15)4(14)2(1-13)18-6(3)16/h2-6,13-16H,1H2,(H,12,17)/t2-,3+,4-,5-,6-/m1/s1. The van der Waals surface area contributed by atoms with Crippen molar-refractivity contribution in [3.05, 3.63) is 0 Å². The number of nitrogens with one attached hydrogen (secondary N) is 1. The Labute approximate surface area is 98.8 Å². The highest BCUT2D eigenvalue weighted by molar-refractivity contribution is 5.82. The second-order valence-electron chi connectivity index (χ2n) is 3.73. The fraction of sp³-hybridized carbons (Fsp3) is 0.875. The van der Waals surface area contributed by atoms with Gasteiger partial charge in [0.1, 0.15) is 24.4 Å². The van der Waals surface area contributed by atoms with Crippen molar-refractivity contribution >= 4 is 5.91 Å². The van der Waals surface area contributed by atoms with Gasteiger partial charge in [-0.1, -0.05) is 0 Å². The first kappa shape index (κ1) is 15.1. The molecule has 10 heteroatoms. The van der Waals surface area contributed by atoms with E-state index in [1.165, 1.54) is 5.32 Å². The topological polar surface area (TPSA) is 119 Å². The van der Waals surface area contributed by atoms with E-state index in [1.54, 1.807) is 0 Å². The molecule has 106 valence electrons. The zero-order chi connectivity index (χ0) is 14.1. The lowest BCUT2D eigenvalue weighted by Crippen LogP contribution is -2.65. The third-order valence-corrected chi connectivity index (χ3v) is 2.46. The number of carbonyl (C=O) groups is 1. The van der Waals surface area contributed by atoms with Gasteiger partial charge in [0, 0.05) is 0 Å². The maximum absolute atomic E-state index is 12.0. The molecular weight excluding hydrogens is 263 g/mol. The van der Waals surface area contributed by atoms with E-state index in [0.29, 0.717) is 0 Å². The molecule has 1 heterocycles. The van der Waals surface area contributed by atoms with E-state index in [-0.39, 0.29) is 0 Å². The summed E-state index contributed by atoms with van der Waals surface area (Å²) in [5, 5.41) is 38.1. The lowest BCUT2D eigenvalue weighted by atomic mass is 9.97. The maximum atomic E-state index is 12.0. The van der Waals surface area contributed by atoms with Crippen LogP contribution in [0.5, 0.6) is 0 Å². The molecule has 0 spiro atoms. The SMILES string of the molecule is O=C(N[C@H]1[C@@H](O)[C@H](O)[C@@H](CO)O[C@H]1O)C(F)(F)F. The minimum Gasteiger partial charge on any atom is -0.394 e. The summed E-state index contributed by atoms with van der Waals surface area (Å²) < 4.78 is 40.5. The molecule has 1 rings (SSSR count). The van der Waals surface area contributed by atoms with Crippen LogP contribution in [0.4, 0.5) is 13.2 Å². The van der Waals surface area contributed by atoms with Crippen LogP contribution in [0.1, 0.15) is 0 Å². The molecule has 0 aliphatic carbocycles. The van der Waals surface area contributed by atoms with Gasteiger partial charge in [-0.05, 0) is 0 Å². The fourth-order valence-corrected chi connectivity index (χ4v) is 1.49. The summed E-state index contributed by atoms with van der Waals surface area (Å²) in [7, 11) is 0. The molecule has 0 aromatic rings. The largest absolute Gasteiger partial charge is 0.471 e. The molecular formula is C8H12F3NO6. The molecule has 0 radical (unpaired) electrons. The lowest BCUT2D eigenvalue weighted by molar-refractivity contribution is -0.256. The van der Waals surface area contributed by atoms with Crippen molar-refractivity contribution in [3.63, 3.8) is 0 Å². The molecule has 1 saturated heterocycles. The Balaban J connectivity index is 2.74. The quantitative estimate of drug-likeness (QED) is 0.379. The van der Waals surface area contributed by atoms with Crippen LogP contribution in [-0.4, -0.2) is 69.8 Å². The van der Waals surface area contributed by atoms with Crippen molar-refractivity contribution in [1.29, 1.82) is 0 Å². The van der Waals surface area contributed by atoms with Gasteiger partial charge in [0.05, 0.1) is 6.61 Å². The average molecular weight is 275 g/mol. The summed E-state index contributed by atoms with van der Waals surface area (Å²) in [5.74, 6) is -2.39. The van der Waals surface area contributed by atoms with Crippen LogP contribution < -0.4 is 5.32 Å². The van der Waals surface area contributed by atoms with Crippen LogP contribution in [0.3, 0.4) is 0 Å². The van der Waals surface area contributed by atoms with Crippen molar-refractivity contribution in [2.45, 2.75) is 36.8 Å². The molecule has 0 aromatic heterocycles. The summed E-state index contributed by atoms with van der Waals surface area (Å²) >= 11 is 0. The third-order valence-electron chi connectivity index (χ3n) is 2.46. The Morgan fingerprint density at radius 1 is 1.22 bits per heavy atom. The Bertz CT molecular complexity index is 312. The van der Waals surface area contributed by atoms with Crippen LogP contribution >= 0.6 is 0 Å². The summed E-state index contributed by atoms with van der Waals surface area (Å²) in [5.41, 5.74) is 0. The molecule has 0 aromatic carbocycles. The number of carbonyl (C=O) groups excluding carboxylic acids is 1. The highest BCUT2D eigenvalue weighted by Crippen LogP contribution is 2.21.